The van der Waals surface area contributed by atoms with Gasteiger partial charge in [0, 0.05) is 31.9 Å². The van der Waals surface area contributed by atoms with Crippen molar-refractivity contribution in [3.8, 4) is 17.2 Å². The summed E-state index contributed by atoms with van der Waals surface area (Å²) in [7, 11) is 3.53. The number of hydrogen-bond donors (Lipinski definition) is 2. The number of benzene rings is 2. The molecule has 0 unspecified atom stereocenters. The first kappa shape index (κ1) is 20.3. The zero-order valence-electron chi connectivity index (χ0n) is 17.0. The number of nitrogens with one attached hydrogen (secondary N) is 1. The minimum Gasteiger partial charge on any atom is -0.504 e. The van der Waals surface area contributed by atoms with Crippen LogP contribution >= 0.6 is 0 Å². The number of methoxy groups -OCH3 is 1. The number of aromatic nitrogens is 2. The van der Waals surface area contributed by atoms with Crippen LogP contribution in [0.2, 0.25) is 0 Å². The van der Waals surface area contributed by atoms with Gasteiger partial charge in [-0.2, -0.15) is 5.10 Å². The number of guanidine groups is 1. The van der Waals surface area contributed by atoms with Gasteiger partial charge in [0.15, 0.2) is 17.5 Å². The highest BCUT2D eigenvalue weighted by molar-refractivity contribution is 5.79. The van der Waals surface area contributed by atoms with Crippen LogP contribution in [0.5, 0.6) is 11.5 Å². The Morgan fingerprint density at radius 2 is 2.00 bits per heavy atom. The van der Waals surface area contributed by atoms with E-state index in [1.54, 1.807) is 12.1 Å². The molecule has 3 aromatic rings. The van der Waals surface area contributed by atoms with Crippen molar-refractivity contribution in [3.05, 3.63) is 72.1 Å². The molecule has 0 spiro atoms. The van der Waals surface area contributed by atoms with Gasteiger partial charge in [-0.15, -0.1) is 0 Å². The van der Waals surface area contributed by atoms with Crippen LogP contribution in [0.4, 0.5) is 0 Å². The van der Waals surface area contributed by atoms with Crippen LogP contribution < -0.4 is 10.1 Å². The molecule has 2 aromatic carbocycles. The number of rotatable bonds is 7. The number of nitrogens with zero attached hydrogens (tertiary/aromatic N) is 4. The third-order valence-corrected chi connectivity index (χ3v) is 4.43. The van der Waals surface area contributed by atoms with Crippen molar-refractivity contribution in [1.82, 2.24) is 20.0 Å². The zero-order chi connectivity index (χ0) is 20.6. The summed E-state index contributed by atoms with van der Waals surface area (Å²) < 4.78 is 6.96. The minimum atomic E-state index is 0.117. The van der Waals surface area contributed by atoms with Crippen LogP contribution in [-0.4, -0.2) is 46.4 Å². The summed E-state index contributed by atoms with van der Waals surface area (Å²) in [5.74, 6) is 1.36. The molecular formula is C22H27N5O2. The second kappa shape index (κ2) is 9.64. The summed E-state index contributed by atoms with van der Waals surface area (Å²) >= 11 is 0. The lowest BCUT2D eigenvalue weighted by molar-refractivity contribution is 0.373. The highest BCUT2D eigenvalue weighted by Crippen LogP contribution is 2.26. The Kier molecular flexibility index (Phi) is 6.73. The fourth-order valence-electron chi connectivity index (χ4n) is 2.98. The van der Waals surface area contributed by atoms with E-state index in [1.165, 1.54) is 7.11 Å². The van der Waals surface area contributed by atoms with Gasteiger partial charge < -0.3 is 20.1 Å². The van der Waals surface area contributed by atoms with Gasteiger partial charge in [-0.05, 0) is 36.8 Å². The lowest BCUT2D eigenvalue weighted by Crippen LogP contribution is -2.38. The van der Waals surface area contributed by atoms with Crippen LogP contribution in [0, 0.1) is 0 Å². The van der Waals surface area contributed by atoms with E-state index in [9.17, 15) is 5.11 Å². The highest BCUT2D eigenvalue weighted by atomic mass is 16.5. The molecule has 2 N–H and O–H groups in total. The van der Waals surface area contributed by atoms with Crippen LogP contribution in [0.15, 0.2) is 65.9 Å². The monoisotopic (exact) mass is 393 g/mol. The van der Waals surface area contributed by atoms with Crippen molar-refractivity contribution in [2.75, 3.05) is 20.7 Å². The van der Waals surface area contributed by atoms with Crippen molar-refractivity contribution in [2.45, 2.75) is 20.0 Å². The number of hydrogen-bond acceptors (Lipinski definition) is 4. The molecule has 0 amide bonds. The molecule has 152 valence electrons. The van der Waals surface area contributed by atoms with E-state index in [4.69, 9.17) is 9.73 Å². The van der Waals surface area contributed by atoms with Gasteiger partial charge in [0.25, 0.3) is 0 Å². The van der Waals surface area contributed by atoms with Crippen molar-refractivity contribution in [3.63, 3.8) is 0 Å². The van der Waals surface area contributed by atoms with E-state index >= 15 is 0 Å². The Morgan fingerprint density at radius 1 is 1.21 bits per heavy atom. The molecule has 7 nitrogen and oxygen atoms in total. The quantitative estimate of drug-likeness (QED) is 0.476. The average molecular weight is 393 g/mol. The maximum absolute atomic E-state index is 9.95. The largest absolute Gasteiger partial charge is 0.504 e. The first-order valence-electron chi connectivity index (χ1n) is 9.55. The smallest absolute Gasteiger partial charge is 0.194 e. The molecule has 0 fully saturated rings. The van der Waals surface area contributed by atoms with E-state index < -0.39 is 0 Å². The number of phenols is 1. The molecule has 1 heterocycles. The molecule has 7 heteroatoms. The fourth-order valence-corrected chi connectivity index (χ4v) is 2.98. The van der Waals surface area contributed by atoms with Crippen molar-refractivity contribution in [1.29, 1.82) is 0 Å². The molecule has 1 aromatic heterocycles. The standard InChI is InChI=1S/C22H27N5O2/c1-4-23-22(24-13-17-10-11-21(29-3)20(28)12-17)26(2)15-18-14-25-27(16-18)19-8-6-5-7-9-19/h5-12,14,16,28H,4,13,15H2,1-3H3,(H,23,24). The topological polar surface area (TPSA) is 74.9 Å². The SMILES string of the molecule is CCNC(=NCc1ccc(OC)c(O)c1)N(C)Cc1cnn(-c2ccccc2)c1. The minimum absolute atomic E-state index is 0.117. The maximum Gasteiger partial charge on any atom is 0.194 e. The molecule has 0 saturated heterocycles. The van der Waals surface area contributed by atoms with Crippen LogP contribution in [0.25, 0.3) is 5.69 Å². The van der Waals surface area contributed by atoms with E-state index in [1.807, 2.05) is 67.4 Å². The molecule has 3 rings (SSSR count). The summed E-state index contributed by atoms with van der Waals surface area (Å²) in [6, 6.07) is 15.3. The second-order valence-electron chi connectivity index (χ2n) is 6.66. The van der Waals surface area contributed by atoms with Gasteiger partial charge >= 0.3 is 0 Å². The summed E-state index contributed by atoms with van der Waals surface area (Å²) in [5, 5.41) is 17.7. The fraction of sp³-hybridized carbons (Fsp3) is 0.273. The molecule has 0 saturated carbocycles. The van der Waals surface area contributed by atoms with Gasteiger partial charge in [0.05, 0.1) is 25.5 Å². The number of phenolic OH excluding ortho intramolecular Hbond substituents is 1. The Hall–Kier alpha value is -3.48. The maximum atomic E-state index is 9.95. The van der Waals surface area contributed by atoms with E-state index in [2.05, 4.69) is 15.3 Å². The summed E-state index contributed by atoms with van der Waals surface area (Å²) in [4.78, 5) is 6.75. The van der Waals surface area contributed by atoms with Crippen molar-refractivity contribution < 1.29 is 9.84 Å². The predicted octanol–water partition coefficient (Wildman–Crippen LogP) is 3.18. The third-order valence-electron chi connectivity index (χ3n) is 4.43. The zero-order valence-corrected chi connectivity index (χ0v) is 17.0. The molecule has 0 radical (unpaired) electrons. The second-order valence-corrected chi connectivity index (χ2v) is 6.66. The molecule has 0 aliphatic heterocycles. The molecule has 0 aliphatic rings. The van der Waals surface area contributed by atoms with Gasteiger partial charge in [-0.25, -0.2) is 9.67 Å². The Labute approximate surface area is 171 Å². The Balaban J connectivity index is 1.69. The number of aliphatic imine (C=N–C) groups is 1. The normalized spacial score (nSPS) is 11.3. The molecular weight excluding hydrogens is 366 g/mol. The first-order valence-corrected chi connectivity index (χ1v) is 9.55. The number of aromatic hydroxyl groups is 1. The summed E-state index contributed by atoms with van der Waals surface area (Å²) in [5.41, 5.74) is 3.02. The van der Waals surface area contributed by atoms with E-state index in [0.717, 1.165) is 29.3 Å². The van der Waals surface area contributed by atoms with Crippen molar-refractivity contribution >= 4 is 5.96 Å². The predicted molar refractivity (Wildman–Crippen MR) is 115 cm³/mol. The van der Waals surface area contributed by atoms with Crippen LogP contribution in [-0.2, 0) is 13.1 Å². The summed E-state index contributed by atoms with van der Waals surface area (Å²) in [6.45, 7) is 3.93. The molecule has 0 aliphatic carbocycles. The average Bonchev–Trinajstić information content (AvgIpc) is 3.20. The van der Waals surface area contributed by atoms with Gasteiger partial charge in [-0.1, -0.05) is 24.3 Å². The summed E-state index contributed by atoms with van der Waals surface area (Å²) in [6.07, 6.45) is 3.89. The molecule has 0 bridgehead atoms. The third kappa shape index (κ3) is 5.28. The van der Waals surface area contributed by atoms with Crippen LogP contribution in [0.1, 0.15) is 18.1 Å². The lowest BCUT2D eigenvalue weighted by atomic mass is 10.2. The first-order chi connectivity index (χ1) is 14.1. The van der Waals surface area contributed by atoms with E-state index in [0.29, 0.717) is 18.8 Å². The van der Waals surface area contributed by atoms with Crippen molar-refractivity contribution in [2.24, 2.45) is 4.99 Å². The highest BCUT2D eigenvalue weighted by Gasteiger charge is 2.09. The Bertz CT molecular complexity index is 953. The van der Waals surface area contributed by atoms with E-state index in [-0.39, 0.29) is 5.75 Å². The van der Waals surface area contributed by atoms with Crippen LogP contribution in [0.3, 0.4) is 0 Å². The number of ether oxygens (including phenoxy) is 1. The molecule has 29 heavy (non-hydrogen) atoms. The molecule has 0 atom stereocenters. The number of para-hydroxylation sites is 1. The lowest BCUT2D eigenvalue weighted by Gasteiger charge is -2.21. The van der Waals surface area contributed by atoms with Gasteiger partial charge in [-0.3, -0.25) is 0 Å². The van der Waals surface area contributed by atoms with Gasteiger partial charge in [0.2, 0.25) is 0 Å². The van der Waals surface area contributed by atoms with Gasteiger partial charge in [0.1, 0.15) is 0 Å². The Morgan fingerprint density at radius 3 is 2.69 bits per heavy atom.